The molecule has 1 rings (SSSR count). The summed E-state index contributed by atoms with van der Waals surface area (Å²) < 4.78 is 74.9. The maximum Gasteiger partial charge on any atom is 0.416 e. The van der Waals surface area contributed by atoms with Crippen molar-refractivity contribution < 1.29 is 26.3 Å². The van der Waals surface area contributed by atoms with Crippen molar-refractivity contribution in [3.63, 3.8) is 0 Å². The number of benzene rings is 1. The number of hydrogen-bond donors (Lipinski definition) is 1. The third-order valence-corrected chi connectivity index (χ3v) is 2.16. The monoisotopic (exact) mass is 257 g/mol. The van der Waals surface area contributed by atoms with Crippen molar-refractivity contribution in [3.05, 3.63) is 35.1 Å². The lowest BCUT2D eigenvalue weighted by atomic mass is 9.97. The van der Waals surface area contributed by atoms with Gasteiger partial charge in [-0.15, -0.1) is 0 Å². The van der Waals surface area contributed by atoms with Crippen molar-refractivity contribution in [2.24, 2.45) is 5.73 Å². The van der Waals surface area contributed by atoms with Gasteiger partial charge in [0.1, 0.15) is 5.82 Å². The Morgan fingerprint density at radius 3 is 2.24 bits per heavy atom. The molecule has 0 saturated carbocycles. The minimum absolute atomic E-state index is 0.615. The lowest BCUT2D eigenvalue weighted by Crippen LogP contribution is -2.21. The number of alkyl halides is 5. The minimum Gasteiger partial charge on any atom is -0.324 e. The number of halogens is 6. The fourth-order valence-electron chi connectivity index (χ4n) is 1.47. The van der Waals surface area contributed by atoms with Crippen LogP contribution < -0.4 is 5.73 Å². The van der Waals surface area contributed by atoms with Crippen molar-refractivity contribution in [2.75, 3.05) is 0 Å². The van der Waals surface area contributed by atoms with Crippen LogP contribution in [-0.4, -0.2) is 6.43 Å². The van der Waals surface area contributed by atoms with Crippen molar-refractivity contribution in [1.82, 2.24) is 0 Å². The lowest BCUT2D eigenvalue weighted by molar-refractivity contribution is -0.138. The molecule has 96 valence electrons. The molecule has 0 heterocycles. The summed E-state index contributed by atoms with van der Waals surface area (Å²) in [6.45, 7) is 0. The molecule has 0 bridgehead atoms. The first kappa shape index (κ1) is 13.8. The third-order valence-electron chi connectivity index (χ3n) is 2.16. The third kappa shape index (κ3) is 3.36. The maximum absolute atomic E-state index is 13.3. The van der Waals surface area contributed by atoms with Crippen molar-refractivity contribution >= 4 is 0 Å². The molecule has 0 radical (unpaired) electrons. The zero-order chi connectivity index (χ0) is 13.2. The van der Waals surface area contributed by atoms with E-state index in [0.29, 0.717) is 6.07 Å². The summed E-state index contributed by atoms with van der Waals surface area (Å²) in [6, 6.07) is 0.545. The van der Waals surface area contributed by atoms with Gasteiger partial charge in [0.15, 0.2) is 0 Å². The van der Waals surface area contributed by atoms with Gasteiger partial charge in [0.2, 0.25) is 6.43 Å². The van der Waals surface area contributed by atoms with Gasteiger partial charge in [0.25, 0.3) is 0 Å². The number of nitrogens with two attached hydrogens (primary N) is 1. The summed E-state index contributed by atoms with van der Waals surface area (Å²) in [5, 5.41) is 0. The van der Waals surface area contributed by atoms with Crippen LogP contribution in [-0.2, 0) is 6.18 Å². The number of rotatable bonds is 3. The Morgan fingerprint density at radius 1 is 1.18 bits per heavy atom. The highest BCUT2D eigenvalue weighted by atomic mass is 19.4. The summed E-state index contributed by atoms with van der Waals surface area (Å²) in [5.41, 5.74) is 2.94. The van der Waals surface area contributed by atoms with Gasteiger partial charge < -0.3 is 5.73 Å². The van der Waals surface area contributed by atoms with Gasteiger partial charge in [-0.1, -0.05) is 6.07 Å². The summed E-state index contributed by atoms with van der Waals surface area (Å²) in [4.78, 5) is 0. The van der Waals surface area contributed by atoms with Gasteiger partial charge in [-0.3, -0.25) is 0 Å². The second kappa shape index (κ2) is 4.95. The van der Waals surface area contributed by atoms with Gasteiger partial charge in [0, 0.05) is 18.0 Å². The fraction of sp³-hybridized carbons (Fsp3) is 0.400. The molecule has 1 atom stereocenters. The van der Waals surface area contributed by atoms with E-state index in [1.54, 1.807) is 0 Å². The van der Waals surface area contributed by atoms with Crippen LogP contribution in [0, 0.1) is 5.82 Å². The predicted octanol–water partition coefficient (Wildman–Crippen LogP) is 3.50. The van der Waals surface area contributed by atoms with Crippen LogP contribution in [0.25, 0.3) is 0 Å². The van der Waals surface area contributed by atoms with Gasteiger partial charge in [-0.05, 0) is 12.1 Å². The first-order valence-corrected chi connectivity index (χ1v) is 4.62. The molecule has 0 fully saturated rings. The summed E-state index contributed by atoms with van der Waals surface area (Å²) in [6.07, 6.45) is -8.74. The highest BCUT2D eigenvalue weighted by Gasteiger charge is 2.36. The first-order chi connectivity index (χ1) is 7.73. The van der Waals surface area contributed by atoms with E-state index in [1.807, 2.05) is 0 Å². The fourth-order valence-corrected chi connectivity index (χ4v) is 1.47. The van der Waals surface area contributed by atoms with Crippen LogP contribution in [0.15, 0.2) is 18.2 Å². The Hall–Kier alpha value is -1.24. The van der Waals surface area contributed by atoms with Crippen molar-refractivity contribution in [2.45, 2.75) is 25.1 Å². The largest absolute Gasteiger partial charge is 0.416 e. The molecule has 0 saturated heterocycles. The minimum atomic E-state index is -4.82. The van der Waals surface area contributed by atoms with Gasteiger partial charge >= 0.3 is 6.18 Å². The Bertz CT molecular complexity index is 387. The van der Waals surface area contributed by atoms with E-state index in [9.17, 15) is 26.3 Å². The second-order valence-corrected chi connectivity index (χ2v) is 3.43. The van der Waals surface area contributed by atoms with Gasteiger partial charge in [-0.2, -0.15) is 13.2 Å². The van der Waals surface area contributed by atoms with Gasteiger partial charge in [-0.25, -0.2) is 13.2 Å². The molecule has 0 aliphatic carbocycles. The molecular weight excluding hydrogens is 248 g/mol. The van der Waals surface area contributed by atoms with Crippen LogP contribution in [0.2, 0.25) is 0 Å². The first-order valence-electron chi connectivity index (χ1n) is 4.62. The Morgan fingerprint density at radius 2 is 1.76 bits per heavy atom. The normalized spacial score (nSPS) is 14.1. The van der Waals surface area contributed by atoms with E-state index in [2.05, 4.69) is 0 Å². The van der Waals surface area contributed by atoms with Crippen LogP contribution >= 0.6 is 0 Å². The van der Waals surface area contributed by atoms with Crippen molar-refractivity contribution in [3.8, 4) is 0 Å². The zero-order valence-corrected chi connectivity index (χ0v) is 8.44. The SMILES string of the molecule is N[C@H](CC(F)F)c1c(F)cccc1C(F)(F)F. The maximum atomic E-state index is 13.3. The highest BCUT2D eigenvalue weighted by molar-refractivity contribution is 5.33. The zero-order valence-electron chi connectivity index (χ0n) is 8.44. The smallest absolute Gasteiger partial charge is 0.324 e. The molecule has 7 heteroatoms. The highest BCUT2D eigenvalue weighted by Crippen LogP contribution is 2.36. The molecule has 2 N–H and O–H groups in total. The molecule has 1 nitrogen and oxygen atoms in total. The molecular formula is C10H9F6N. The Balaban J connectivity index is 3.21. The average Bonchev–Trinajstić information content (AvgIpc) is 2.14. The average molecular weight is 257 g/mol. The Kier molecular flexibility index (Phi) is 4.03. The van der Waals surface area contributed by atoms with Crippen LogP contribution in [0.1, 0.15) is 23.6 Å². The van der Waals surface area contributed by atoms with E-state index in [4.69, 9.17) is 5.73 Å². The van der Waals surface area contributed by atoms with Crippen molar-refractivity contribution in [1.29, 1.82) is 0 Å². The standard InChI is InChI=1S/C10H9F6N/c11-6-3-1-2-5(10(14,15)16)9(6)7(17)4-8(12)13/h1-3,7-8H,4,17H2/t7-/m1/s1. The quantitative estimate of drug-likeness (QED) is 0.824. The van der Waals surface area contributed by atoms with E-state index < -0.39 is 42.0 Å². The molecule has 0 unspecified atom stereocenters. The summed E-state index contributed by atoms with van der Waals surface area (Å²) in [5.74, 6) is -1.23. The van der Waals surface area contributed by atoms with E-state index in [-0.39, 0.29) is 0 Å². The molecule has 0 aliphatic heterocycles. The molecule has 0 amide bonds. The van der Waals surface area contributed by atoms with Crippen LogP contribution in [0.3, 0.4) is 0 Å². The molecule has 0 aliphatic rings. The van der Waals surface area contributed by atoms with E-state index in [1.165, 1.54) is 0 Å². The molecule has 0 aromatic heterocycles. The predicted molar refractivity (Wildman–Crippen MR) is 49.0 cm³/mol. The second-order valence-electron chi connectivity index (χ2n) is 3.43. The summed E-state index contributed by atoms with van der Waals surface area (Å²) >= 11 is 0. The lowest BCUT2D eigenvalue weighted by Gasteiger charge is -2.18. The van der Waals surface area contributed by atoms with E-state index in [0.717, 1.165) is 12.1 Å². The molecule has 17 heavy (non-hydrogen) atoms. The number of hydrogen-bond acceptors (Lipinski definition) is 1. The molecule has 1 aromatic carbocycles. The topological polar surface area (TPSA) is 26.0 Å². The van der Waals surface area contributed by atoms with Crippen LogP contribution in [0.5, 0.6) is 0 Å². The van der Waals surface area contributed by atoms with E-state index >= 15 is 0 Å². The molecule has 0 spiro atoms. The van der Waals surface area contributed by atoms with Crippen LogP contribution in [0.4, 0.5) is 26.3 Å². The van der Waals surface area contributed by atoms with Gasteiger partial charge in [0.05, 0.1) is 5.56 Å². The molecule has 1 aromatic rings. The Labute approximate surface area is 93.2 Å². The summed E-state index contributed by atoms with van der Waals surface area (Å²) in [7, 11) is 0.